The highest BCUT2D eigenvalue weighted by molar-refractivity contribution is 6.11. The molecule has 0 aromatic carbocycles. The molecule has 0 aliphatic heterocycles. The first-order valence-corrected chi connectivity index (χ1v) is 19.1. The van der Waals surface area contributed by atoms with Crippen molar-refractivity contribution in [2.45, 2.75) is 135 Å². The van der Waals surface area contributed by atoms with E-state index >= 15 is 0 Å². The van der Waals surface area contributed by atoms with Gasteiger partial charge in [-0.2, -0.15) is 0 Å². The van der Waals surface area contributed by atoms with Crippen LogP contribution in [0, 0.1) is 71.0 Å². The normalized spacial score (nSPS) is 45.0. The molecule has 0 heterocycles. The van der Waals surface area contributed by atoms with Gasteiger partial charge in [0.25, 0.3) is 0 Å². The van der Waals surface area contributed by atoms with Crippen LogP contribution in [0.4, 0.5) is 0 Å². The lowest BCUT2D eigenvalue weighted by molar-refractivity contribution is 0.0611. The van der Waals surface area contributed by atoms with Crippen LogP contribution in [0.15, 0.2) is 47.6 Å². The smallest absolute Gasteiger partial charge is 0.0703 e. The Balaban J connectivity index is 1.16. The summed E-state index contributed by atoms with van der Waals surface area (Å²) in [5.41, 5.74) is 3.80. The summed E-state index contributed by atoms with van der Waals surface area (Å²) in [4.78, 5) is 0. The molecule has 13 unspecified atom stereocenters. The number of rotatable bonds is 6. The minimum absolute atomic E-state index is 0.382. The van der Waals surface area contributed by atoms with Crippen molar-refractivity contribution in [2.75, 3.05) is 0 Å². The standard InChI is InChI=1S/C41H61B/c1-3-28(33-20-18-29-10-4-6-12-31(29)24-33)17-16-27(2)40-36-14-8-9-15-37(36)41(38-23-22-35(42)26-39(38)40)34-21-19-30-11-5-7-13-32(30)25-34/h16-21,27-37,40-41H,3-15,22-26H2,1-2H3/b17-16-. The molecule has 7 aliphatic carbocycles. The Morgan fingerprint density at radius 2 is 1.36 bits per heavy atom. The average molecular weight is 565 g/mol. The molecule has 0 nitrogen and oxygen atoms in total. The summed E-state index contributed by atoms with van der Waals surface area (Å²) in [5.74, 6) is 10.3. The Labute approximate surface area is 261 Å². The van der Waals surface area contributed by atoms with Gasteiger partial charge >= 0.3 is 0 Å². The molecule has 0 bridgehead atoms. The molecule has 0 spiro atoms. The Morgan fingerprint density at radius 3 is 2.12 bits per heavy atom. The van der Waals surface area contributed by atoms with Gasteiger partial charge in [0, 0.05) is 0 Å². The van der Waals surface area contributed by atoms with Gasteiger partial charge in [0.15, 0.2) is 0 Å². The van der Waals surface area contributed by atoms with Gasteiger partial charge in [-0.05, 0) is 142 Å². The van der Waals surface area contributed by atoms with E-state index in [0.29, 0.717) is 17.7 Å². The van der Waals surface area contributed by atoms with Crippen molar-refractivity contribution in [1.29, 1.82) is 0 Å². The molecular formula is C41H61B. The second-order valence-corrected chi connectivity index (χ2v) is 16.5. The lowest BCUT2D eigenvalue weighted by Gasteiger charge is -2.54. The fourth-order valence-corrected chi connectivity index (χ4v) is 12.2. The molecule has 2 radical (unpaired) electrons. The quantitative estimate of drug-likeness (QED) is 0.222. The number of fused-ring (bicyclic) bond motifs is 3. The molecule has 42 heavy (non-hydrogen) atoms. The first kappa shape index (κ1) is 29.7. The van der Waals surface area contributed by atoms with Gasteiger partial charge in [-0.25, -0.2) is 0 Å². The molecule has 0 aromatic rings. The highest BCUT2D eigenvalue weighted by atomic mass is 14.5. The lowest BCUT2D eigenvalue weighted by Crippen LogP contribution is -2.45. The Kier molecular flexibility index (Phi) is 9.32. The minimum Gasteiger partial charge on any atom is -0.0848 e. The first-order chi connectivity index (χ1) is 20.6. The van der Waals surface area contributed by atoms with Crippen LogP contribution in [0.25, 0.3) is 0 Å². The number of hydrogen-bond acceptors (Lipinski definition) is 0. The van der Waals surface area contributed by atoms with E-state index in [1.165, 1.54) is 116 Å². The molecule has 7 aliphatic rings. The summed E-state index contributed by atoms with van der Waals surface area (Å²) in [6.45, 7) is 5.05. The Bertz CT molecular complexity index is 1050. The summed E-state index contributed by atoms with van der Waals surface area (Å²) in [7, 11) is 6.80. The molecule has 0 N–H and O–H groups in total. The maximum absolute atomic E-state index is 6.80. The lowest BCUT2D eigenvalue weighted by atomic mass is 9.50. The molecule has 7 rings (SSSR count). The Morgan fingerprint density at radius 1 is 0.714 bits per heavy atom. The zero-order valence-corrected chi connectivity index (χ0v) is 27.3. The van der Waals surface area contributed by atoms with Crippen LogP contribution in [-0.4, -0.2) is 7.85 Å². The van der Waals surface area contributed by atoms with Crippen molar-refractivity contribution in [1.82, 2.24) is 0 Å². The van der Waals surface area contributed by atoms with Crippen molar-refractivity contribution in [3.8, 4) is 0 Å². The summed E-state index contributed by atoms with van der Waals surface area (Å²) >= 11 is 0. The van der Waals surface area contributed by atoms with Gasteiger partial charge in [-0.1, -0.05) is 112 Å². The molecular weight excluding hydrogens is 503 g/mol. The van der Waals surface area contributed by atoms with Crippen LogP contribution in [0.5, 0.6) is 0 Å². The molecule has 1 heteroatoms. The van der Waals surface area contributed by atoms with E-state index in [-0.39, 0.29) is 0 Å². The van der Waals surface area contributed by atoms with Crippen molar-refractivity contribution < 1.29 is 0 Å². The predicted molar refractivity (Wildman–Crippen MR) is 180 cm³/mol. The van der Waals surface area contributed by atoms with Gasteiger partial charge in [-0.15, -0.1) is 0 Å². The van der Waals surface area contributed by atoms with Crippen LogP contribution >= 0.6 is 0 Å². The van der Waals surface area contributed by atoms with E-state index in [1.807, 2.05) is 11.1 Å². The average Bonchev–Trinajstić information content (AvgIpc) is 3.03. The molecule has 3 saturated carbocycles. The molecule has 0 amide bonds. The number of allylic oxidation sites excluding steroid dienone is 8. The van der Waals surface area contributed by atoms with Crippen molar-refractivity contribution in [2.24, 2.45) is 71.0 Å². The summed E-state index contributed by atoms with van der Waals surface area (Å²) in [6, 6.07) is 0. The third-order valence-electron chi connectivity index (χ3n) is 14.3. The van der Waals surface area contributed by atoms with E-state index in [9.17, 15) is 0 Å². The van der Waals surface area contributed by atoms with Crippen LogP contribution in [0.2, 0.25) is 5.82 Å². The van der Waals surface area contributed by atoms with Gasteiger partial charge in [0.2, 0.25) is 0 Å². The summed E-state index contributed by atoms with van der Waals surface area (Å²) in [6.07, 6.45) is 41.7. The van der Waals surface area contributed by atoms with E-state index in [4.69, 9.17) is 7.85 Å². The van der Waals surface area contributed by atoms with Gasteiger partial charge in [0.1, 0.15) is 0 Å². The van der Waals surface area contributed by atoms with Crippen molar-refractivity contribution >= 4 is 7.85 Å². The number of hydrogen-bond donors (Lipinski definition) is 0. The zero-order chi connectivity index (χ0) is 28.6. The maximum Gasteiger partial charge on any atom is 0.0703 e. The SMILES string of the molecule is [B]C1CCC2=C(C1)C(C(C)/C=C\C(CC)C1C=CC3CCCCC3C1)C1CCCCC1C2C1C=CC2CCCCC2C1. The third-order valence-corrected chi connectivity index (χ3v) is 14.3. The van der Waals surface area contributed by atoms with E-state index < -0.39 is 0 Å². The van der Waals surface area contributed by atoms with Gasteiger partial charge in [-0.3, -0.25) is 0 Å². The molecule has 0 saturated heterocycles. The second kappa shape index (κ2) is 13.2. The van der Waals surface area contributed by atoms with Crippen LogP contribution in [0.3, 0.4) is 0 Å². The van der Waals surface area contributed by atoms with Crippen LogP contribution in [0.1, 0.15) is 129 Å². The molecule has 0 aromatic heterocycles. The fourth-order valence-electron chi connectivity index (χ4n) is 12.2. The minimum atomic E-state index is 0.382. The van der Waals surface area contributed by atoms with Gasteiger partial charge < -0.3 is 0 Å². The van der Waals surface area contributed by atoms with Crippen molar-refractivity contribution in [3.63, 3.8) is 0 Å². The third kappa shape index (κ3) is 5.87. The largest absolute Gasteiger partial charge is 0.0848 e. The highest BCUT2D eigenvalue weighted by Gasteiger charge is 2.49. The Hall–Kier alpha value is -0.975. The van der Waals surface area contributed by atoms with E-state index in [2.05, 4.69) is 50.3 Å². The van der Waals surface area contributed by atoms with Gasteiger partial charge in [0.05, 0.1) is 7.85 Å². The van der Waals surface area contributed by atoms with E-state index in [0.717, 1.165) is 59.2 Å². The molecule has 3 fully saturated rings. The fraction of sp³-hybridized carbons (Fsp3) is 0.805. The zero-order valence-electron chi connectivity index (χ0n) is 27.3. The van der Waals surface area contributed by atoms with E-state index in [1.54, 1.807) is 0 Å². The second-order valence-electron chi connectivity index (χ2n) is 16.5. The highest BCUT2D eigenvalue weighted by Crippen LogP contribution is 2.59. The summed E-state index contributed by atoms with van der Waals surface area (Å²) in [5, 5.41) is 0. The predicted octanol–water partition coefficient (Wildman–Crippen LogP) is 11.5. The molecule has 228 valence electrons. The topological polar surface area (TPSA) is 0 Å². The maximum atomic E-state index is 6.80. The summed E-state index contributed by atoms with van der Waals surface area (Å²) < 4.78 is 0. The van der Waals surface area contributed by atoms with Crippen molar-refractivity contribution in [3.05, 3.63) is 47.6 Å². The first-order valence-electron chi connectivity index (χ1n) is 19.1. The molecule has 13 atom stereocenters. The van der Waals surface area contributed by atoms with Crippen LogP contribution in [-0.2, 0) is 0 Å². The monoisotopic (exact) mass is 564 g/mol. The van der Waals surface area contributed by atoms with Crippen LogP contribution < -0.4 is 0 Å².